The van der Waals surface area contributed by atoms with Gasteiger partial charge in [0.25, 0.3) is 0 Å². The van der Waals surface area contributed by atoms with Gasteiger partial charge in [0.2, 0.25) is 0 Å². The second kappa shape index (κ2) is 2.46. The van der Waals surface area contributed by atoms with Gasteiger partial charge in [-0.1, -0.05) is 0 Å². The summed E-state index contributed by atoms with van der Waals surface area (Å²) in [4.78, 5) is 8.24. The molecule has 0 saturated heterocycles. The highest BCUT2D eigenvalue weighted by molar-refractivity contribution is 7.54. The van der Waals surface area contributed by atoms with Crippen molar-refractivity contribution in [3.63, 3.8) is 0 Å². The van der Waals surface area contributed by atoms with Crippen molar-refractivity contribution in [1.29, 1.82) is 0 Å². The third-order valence-electron chi connectivity index (χ3n) is 0.331. The van der Waals surface area contributed by atoms with E-state index in [0.29, 0.717) is 0 Å². The first-order chi connectivity index (χ1) is 3.06. The monoisotopic (exact) mass is 123 g/mol. The molecule has 0 aliphatic heterocycles. The van der Waals surface area contributed by atoms with Gasteiger partial charge in [-0.05, 0) is 6.92 Å². The highest BCUT2D eigenvalue weighted by atomic mass is 31.2. The van der Waals surface area contributed by atoms with E-state index in [9.17, 15) is 4.57 Å². The summed E-state index contributed by atoms with van der Waals surface area (Å²) in [6, 6.07) is 0. The van der Waals surface area contributed by atoms with Crippen LogP contribution in [-0.4, -0.2) is 11.5 Å². The maximum atomic E-state index is 10.0. The summed E-state index contributed by atoms with van der Waals surface area (Å²) in [6.45, 7) is 4.72. The Balaban J connectivity index is 3.36. The van der Waals surface area contributed by atoms with E-state index in [1.807, 2.05) is 0 Å². The second-order valence-electron chi connectivity index (χ2n) is 1.06. The maximum Gasteiger partial charge on any atom is 0.328 e. The van der Waals surface area contributed by atoms with E-state index in [0.717, 1.165) is 0 Å². The smallest absolute Gasteiger partial charge is 0.324 e. The molecule has 0 bridgehead atoms. The van der Waals surface area contributed by atoms with Gasteiger partial charge in [-0.15, -0.1) is 0 Å². The van der Waals surface area contributed by atoms with Crippen LogP contribution < -0.4 is 0 Å². The molecule has 7 heavy (non-hydrogen) atoms. The number of rotatable bonds is 2. The first kappa shape index (κ1) is 7.15. The molecule has 0 spiro atoms. The molecule has 0 saturated carbocycles. The molecule has 0 aliphatic carbocycles. The molecule has 0 aromatic rings. The summed E-state index contributed by atoms with van der Waals surface area (Å²) >= 11 is 0. The topological polar surface area (TPSA) is 46.5 Å². The molecule has 0 aliphatic rings. The van der Waals surface area contributed by atoms with Crippen LogP contribution in [0.4, 0.5) is 0 Å². The van der Waals surface area contributed by atoms with E-state index in [1.165, 1.54) is 0 Å². The van der Waals surface area contributed by atoms with E-state index < -0.39 is 7.60 Å². The SMILES string of the molecule is [CH2]P(=O)(O)OCC. The summed E-state index contributed by atoms with van der Waals surface area (Å²) in [7, 11) is -3.42. The van der Waals surface area contributed by atoms with Gasteiger partial charge in [-0.25, -0.2) is 0 Å². The molecule has 1 radical (unpaired) electrons. The Hall–Kier alpha value is 0.150. The van der Waals surface area contributed by atoms with Gasteiger partial charge < -0.3 is 9.42 Å². The zero-order valence-electron chi connectivity index (χ0n) is 4.13. The zero-order valence-corrected chi connectivity index (χ0v) is 5.02. The fourth-order valence-corrected chi connectivity index (χ4v) is 0.605. The summed E-state index contributed by atoms with van der Waals surface area (Å²) in [5.74, 6) is 0. The molecule has 1 atom stereocenters. The van der Waals surface area contributed by atoms with Crippen molar-refractivity contribution < 1.29 is 14.0 Å². The average molecular weight is 123 g/mol. The van der Waals surface area contributed by atoms with Gasteiger partial charge in [-0.2, -0.15) is 0 Å². The Morgan fingerprint density at radius 3 is 2.43 bits per heavy atom. The lowest BCUT2D eigenvalue weighted by Gasteiger charge is -2.00. The van der Waals surface area contributed by atoms with Crippen LogP contribution >= 0.6 is 7.60 Å². The Morgan fingerprint density at radius 1 is 2.00 bits per heavy atom. The van der Waals surface area contributed by atoms with Crippen LogP contribution in [0.5, 0.6) is 0 Å². The lowest BCUT2D eigenvalue weighted by molar-refractivity contribution is 0.282. The summed E-state index contributed by atoms with van der Waals surface area (Å²) in [5.41, 5.74) is 0. The van der Waals surface area contributed by atoms with Crippen molar-refractivity contribution in [3.8, 4) is 0 Å². The van der Waals surface area contributed by atoms with Crippen molar-refractivity contribution in [3.05, 3.63) is 6.66 Å². The molecule has 0 amide bonds. The van der Waals surface area contributed by atoms with Crippen molar-refractivity contribution in [2.75, 3.05) is 6.61 Å². The van der Waals surface area contributed by atoms with Crippen molar-refractivity contribution in [1.82, 2.24) is 0 Å². The van der Waals surface area contributed by atoms with Gasteiger partial charge in [0, 0.05) is 0 Å². The quantitative estimate of drug-likeness (QED) is 0.557. The maximum absolute atomic E-state index is 10.0. The number of hydrogen-bond acceptors (Lipinski definition) is 2. The number of hydrogen-bond donors (Lipinski definition) is 1. The largest absolute Gasteiger partial charge is 0.328 e. The summed E-state index contributed by atoms with van der Waals surface area (Å²) < 4.78 is 14.3. The predicted molar refractivity (Wildman–Crippen MR) is 26.8 cm³/mol. The van der Waals surface area contributed by atoms with E-state index >= 15 is 0 Å². The van der Waals surface area contributed by atoms with Crippen molar-refractivity contribution in [2.45, 2.75) is 6.92 Å². The zero-order chi connectivity index (χ0) is 5.91. The first-order valence-electron chi connectivity index (χ1n) is 1.88. The Bertz CT molecular complexity index is 84.2. The molecule has 43 valence electrons. The van der Waals surface area contributed by atoms with Crippen molar-refractivity contribution in [2.24, 2.45) is 0 Å². The highest BCUT2D eigenvalue weighted by Crippen LogP contribution is 2.38. The predicted octanol–water partition coefficient (Wildman–Crippen LogP) is 1.000. The third kappa shape index (κ3) is 6.15. The van der Waals surface area contributed by atoms with Gasteiger partial charge >= 0.3 is 7.60 Å². The highest BCUT2D eigenvalue weighted by Gasteiger charge is 2.06. The Morgan fingerprint density at radius 2 is 2.43 bits per heavy atom. The van der Waals surface area contributed by atoms with Crippen LogP contribution in [0.3, 0.4) is 0 Å². The van der Waals surface area contributed by atoms with E-state index in [1.54, 1.807) is 6.92 Å². The van der Waals surface area contributed by atoms with Gasteiger partial charge in [0.1, 0.15) is 0 Å². The molecule has 4 heteroatoms. The van der Waals surface area contributed by atoms with Crippen LogP contribution in [0.1, 0.15) is 6.92 Å². The van der Waals surface area contributed by atoms with Gasteiger partial charge in [-0.3, -0.25) is 4.57 Å². The Labute approximate surface area is 42.8 Å². The minimum atomic E-state index is -3.42. The normalized spacial score (nSPS) is 18.7. The van der Waals surface area contributed by atoms with Crippen LogP contribution in [0.25, 0.3) is 0 Å². The molecule has 1 N–H and O–H groups in total. The van der Waals surface area contributed by atoms with Crippen LogP contribution in [0, 0.1) is 6.66 Å². The molecular formula is C3H8O3P. The lowest BCUT2D eigenvalue weighted by atomic mass is 10.9. The minimum Gasteiger partial charge on any atom is -0.324 e. The van der Waals surface area contributed by atoms with Crippen LogP contribution in [-0.2, 0) is 9.09 Å². The molecule has 0 heterocycles. The fraction of sp³-hybridized carbons (Fsp3) is 0.667. The molecule has 0 rings (SSSR count). The van der Waals surface area contributed by atoms with E-state index in [4.69, 9.17) is 4.89 Å². The van der Waals surface area contributed by atoms with Crippen LogP contribution in [0.15, 0.2) is 0 Å². The molecule has 0 fully saturated rings. The summed E-state index contributed by atoms with van der Waals surface area (Å²) in [6.07, 6.45) is 0. The molecule has 0 aromatic heterocycles. The third-order valence-corrected chi connectivity index (χ3v) is 0.992. The Kier molecular flexibility index (Phi) is 2.51. The van der Waals surface area contributed by atoms with Crippen LogP contribution in [0.2, 0.25) is 0 Å². The fourth-order valence-electron chi connectivity index (χ4n) is 0.202. The van der Waals surface area contributed by atoms with E-state index in [2.05, 4.69) is 11.2 Å². The lowest BCUT2D eigenvalue weighted by Crippen LogP contribution is -1.81. The standard InChI is InChI=1S/C3H8O3P/c1-3-6-7(2,4)5/h2-3H2,1H3,(H,4,5). The molecular weight excluding hydrogens is 115 g/mol. The van der Waals surface area contributed by atoms with Crippen molar-refractivity contribution >= 4 is 7.60 Å². The van der Waals surface area contributed by atoms with Gasteiger partial charge in [0.05, 0.1) is 13.3 Å². The second-order valence-corrected chi connectivity index (χ2v) is 2.59. The first-order valence-corrected chi connectivity index (χ1v) is 3.64. The molecule has 0 aromatic carbocycles. The van der Waals surface area contributed by atoms with E-state index in [-0.39, 0.29) is 6.61 Å². The summed E-state index contributed by atoms with van der Waals surface area (Å²) in [5, 5.41) is 0. The van der Waals surface area contributed by atoms with Gasteiger partial charge in [0.15, 0.2) is 0 Å². The minimum absolute atomic E-state index is 0.233. The molecule has 3 nitrogen and oxygen atoms in total. The average Bonchev–Trinajstić information content (AvgIpc) is 1.30. The molecule has 1 unspecified atom stereocenters.